The molecule has 0 radical (unpaired) electrons. The van der Waals surface area contributed by atoms with Crippen molar-refractivity contribution in [1.82, 2.24) is 4.57 Å². The molecule has 3 aromatic carbocycles. The Balaban J connectivity index is 1.89. The Bertz CT molecular complexity index is 1270. The van der Waals surface area contributed by atoms with Crippen LogP contribution < -0.4 is 4.80 Å². The van der Waals surface area contributed by atoms with Crippen LogP contribution in [0.5, 0.6) is 0 Å². The number of non-ortho nitro benzene ring substituents is 1. The molecule has 0 saturated heterocycles. The fourth-order valence-electron chi connectivity index (χ4n) is 3.12. The van der Waals surface area contributed by atoms with Gasteiger partial charge in [0.2, 0.25) is 0 Å². The number of nitro groups is 1. The number of nitrogens with zero attached hydrogens (tertiary/aromatic N) is 3. The molecule has 4 aromatic rings. The summed E-state index contributed by atoms with van der Waals surface area (Å²) in [5.74, 6) is -0.324. The lowest BCUT2D eigenvalue weighted by Gasteiger charge is -2.03. The molecule has 0 atom stereocenters. The molecule has 134 valence electrons. The molecule has 0 N–H and O–H groups in total. The molecule has 0 aliphatic carbocycles. The lowest BCUT2D eigenvalue weighted by atomic mass is 10.0. The standard InChI is InChI=1S/C20H15N3O3S/c1-2-22-17-12-14(23(25)26)10-11-18(17)27-20(22)21-19(24)16-9-5-7-13-6-3-4-8-15(13)16/h3-12H,2H2,1H3. The van der Waals surface area contributed by atoms with E-state index < -0.39 is 4.92 Å². The molecule has 0 aliphatic rings. The first kappa shape index (κ1) is 17.1. The molecule has 0 spiro atoms. The van der Waals surface area contributed by atoms with Crippen LogP contribution in [-0.2, 0) is 6.54 Å². The summed E-state index contributed by atoms with van der Waals surface area (Å²) in [6, 6.07) is 17.9. The summed E-state index contributed by atoms with van der Waals surface area (Å²) in [5.41, 5.74) is 1.27. The molecule has 7 heteroatoms. The van der Waals surface area contributed by atoms with Crippen molar-refractivity contribution in [2.45, 2.75) is 13.5 Å². The zero-order valence-corrected chi connectivity index (χ0v) is 15.3. The van der Waals surface area contributed by atoms with Crippen molar-refractivity contribution >= 4 is 43.9 Å². The minimum atomic E-state index is -0.421. The Kier molecular flexibility index (Phi) is 4.29. The predicted molar refractivity (Wildman–Crippen MR) is 106 cm³/mol. The zero-order chi connectivity index (χ0) is 19.0. The van der Waals surface area contributed by atoms with E-state index in [9.17, 15) is 14.9 Å². The highest BCUT2D eigenvalue weighted by atomic mass is 32.1. The Morgan fingerprint density at radius 3 is 2.70 bits per heavy atom. The maximum absolute atomic E-state index is 12.9. The van der Waals surface area contributed by atoms with Gasteiger partial charge < -0.3 is 4.57 Å². The zero-order valence-electron chi connectivity index (χ0n) is 14.5. The van der Waals surface area contributed by atoms with Gasteiger partial charge in [-0.1, -0.05) is 47.7 Å². The third-order valence-corrected chi connectivity index (χ3v) is 5.47. The van der Waals surface area contributed by atoms with E-state index >= 15 is 0 Å². The number of aryl methyl sites for hydroxylation is 1. The highest BCUT2D eigenvalue weighted by Crippen LogP contribution is 2.23. The number of hydrogen-bond acceptors (Lipinski definition) is 4. The number of fused-ring (bicyclic) bond motifs is 2. The van der Waals surface area contributed by atoms with E-state index in [0.717, 1.165) is 15.5 Å². The summed E-state index contributed by atoms with van der Waals surface area (Å²) < 4.78 is 2.68. The van der Waals surface area contributed by atoms with E-state index in [1.54, 1.807) is 12.1 Å². The van der Waals surface area contributed by atoms with Crippen molar-refractivity contribution in [3.05, 3.63) is 81.1 Å². The lowest BCUT2D eigenvalue weighted by Crippen LogP contribution is -2.16. The van der Waals surface area contributed by atoms with E-state index in [1.165, 1.54) is 23.5 Å². The molecule has 0 aliphatic heterocycles. The number of rotatable bonds is 3. The molecule has 0 unspecified atom stereocenters. The van der Waals surface area contributed by atoms with Gasteiger partial charge in [-0.05, 0) is 29.8 Å². The highest BCUT2D eigenvalue weighted by molar-refractivity contribution is 7.16. The minimum absolute atomic E-state index is 0.0226. The summed E-state index contributed by atoms with van der Waals surface area (Å²) in [4.78, 5) is 28.4. The van der Waals surface area contributed by atoms with Crippen LogP contribution in [0.25, 0.3) is 21.0 Å². The van der Waals surface area contributed by atoms with Gasteiger partial charge in [0.15, 0.2) is 4.80 Å². The van der Waals surface area contributed by atoms with Crippen molar-refractivity contribution in [2.24, 2.45) is 4.99 Å². The van der Waals surface area contributed by atoms with Crippen LogP contribution in [0.1, 0.15) is 17.3 Å². The van der Waals surface area contributed by atoms with Crippen LogP contribution in [0, 0.1) is 10.1 Å². The van der Waals surface area contributed by atoms with Gasteiger partial charge in [0.25, 0.3) is 11.6 Å². The van der Waals surface area contributed by atoms with E-state index in [4.69, 9.17) is 0 Å². The second kappa shape index (κ2) is 6.77. The highest BCUT2D eigenvalue weighted by Gasteiger charge is 2.13. The second-order valence-corrected chi connectivity index (χ2v) is 6.99. The Morgan fingerprint density at radius 1 is 1.15 bits per heavy atom. The van der Waals surface area contributed by atoms with E-state index in [1.807, 2.05) is 47.9 Å². The molecule has 27 heavy (non-hydrogen) atoms. The van der Waals surface area contributed by atoms with Crippen molar-refractivity contribution in [2.75, 3.05) is 0 Å². The van der Waals surface area contributed by atoms with Crippen LogP contribution in [0.3, 0.4) is 0 Å². The first-order chi connectivity index (χ1) is 13.1. The predicted octanol–water partition coefficient (Wildman–Crippen LogP) is 4.53. The summed E-state index contributed by atoms with van der Waals surface area (Å²) >= 11 is 1.35. The number of aromatic nitrogens is 1. The van der Waals surface area contributed by atoms with E-state index in [0.29, 0.717) is 22.4 Å². The van der Waals surface area contributed by atoms with Crippen molar-refractivity contribution in [1.29, 1.82) is 0 Å². The van der Waals surface area contributed by atoms with Gasteiger partial charge >= 0.3 is 0 Å². The molecule has 1 heterocycles. The molecular weight excluding hydrogens is 362 g/mol. The summed E-state index contributed by atoms with van der Waals surface area (Å²) in [7, 11) is 0. The van der Waals surface area contributed by atoms with E-state index in [2.05, 4.69) is 4.99 Å². The van der Waals surface area contributed by atoms with Crippen LogP contribution in [0.2, 0.25) is 0 Å². The molecule has 6 nitrogen and oxygen atoms in total. The Labute approximate surface area is 158 Å². The number of carbonyl (C=O) groups is 1. The first-order valence-electron chi connectivity index (χ1n) is 8.43. The maximum Gasteiger partial charge on any atom is 0.280 e. The average Bonchev–Trinajstić information content (AvgIpc) is 3.03. The van der Waals surface area contributed by atoms with Crippen LogP contribution in [0.15, 0.2) is 65.7 Å². The van der Waals surface area contributed by atoms with Gasteiger partial charge in [0.1, 0.15) is 0 Å². The lowest BCUT2D eigenvalue weighted by molar-refractivity contribution is -0.384. The number of amides is 1. The fourth-order valence-corrected chi connectivity index (χ4v) is 4.19. The molecule has 1 amide bonds. The Hall–Kier alpha value is -3.32. The largest absolute Gasteiger partial charge is 0.316 e. The summed E-state index contributed by atoms with van der Waals surface area (Å²) in [6.07, 6.45) is 0. The Morgan fingerprint density at radius 2 is 1.93 bits per heavy atom. The number of hydrogen-bond donors (Lipinski definition) is 0. The normalized spacial score (nSPS) is 12.0. The first-order valence-corrected chi connectivity index (χ1v) is 9.24. The number of benzene rings is 3. The third-order valence-electron chi connectivity index (χ3n) is 4.41. The average molecular weight is 377 g/mol. The van der Waals surface area contributed by atoms with Crippen LogP contribution >= 0.6 is 11.3 Å². The molecular formula is C20H15N3O3S. The topological polar surface area (TPSA) is 77.5 Å². The summed E-state index contributed by atoms with van der Waals surface area (Å²) in [5, 5.41) is 12.9. The number of carbonyl (C=O) groups excluding carboxylic acids is 1. The van der Waals surface area contributed by atoms with Crippen molar-refractivity contribution in [3.8, 4) is 0 Å². The fraction of sp³-hybridized carbons (Fsp3) is 0.100. The third kappa shape index (κ3) is 3.02. The van der Waals surface area contributed by atoms with Crippen molar-refractivity contribution in [3.63, 3.8) is 0 Å². The van der Waals surface area contributed by atoms with Gasteiger partial charge in [0, 0.05) is 24.2 Å². The quantitative estimate of drug-likeness (QED) is 0.389. The van der Waals surface area contributed by atoms with Crippen molar-refractivity contribution < 1.29 is 9.72 Å². The number of nitro benzene ring substituents is 1. The maximum atomic E-state index is 12.9. The van der Waals surface area contributed by atoms with Gasteiger partial charge in [-0.3, -0.25) is 14.9 Å². The molecule has 4 rings (SSSR count). The minimum Gasteiger partial charge on any atom is -0.316 e. The van der Waals surface area contributed by atoms with E-state index in [-0.39, 0.29) is 11.6 Å². The monoisotopic (exact) mass is 377 g/mol. The molecule has 1 aromatic heterocycles. The van der Waals surface area contributed by atoms with Gasteiger partial charge in [-0.15, -0.1) is 0 Å². The molecule has 0 bridgehead atoms. The summed E-state index contributed by atoms with van der Waals surface area (Å²) in [6.45, 7) is 2.48. The van der Waals surface area contributed by atoms with Gasteiger partial charge in [-0.25, -0.2) is 0 Å². The number of thiazole rings is 1. The van der Waals surface area contributed by atoms with Gasteiger partial charge in [-0.2, -0.15) is 4.99 Å². The van der Waals surface area contributed by atoms with Crippen LogP contribution in [-0.4, -0.2) is 15.4 Å². The second-order valence-electron chi connectivity index (χ2n) is 5.98. The van der Waals surface area contributed by atoms with Crippen LogP contribution in [0.4, 0.5) is 5.69 Å². The smallest absolute Gasteiger partial charge is 0.280 e. The van der Waals surface area contributed by atoms with Gasteiger partial charge in [0.05, 0.1) is 15.1 Å². The molecule has 0 fully saturated rings. The molecule has 0 saturated carbocycles. The SMILES string of the molecule is CCn1c(=NC(=O)c2cccc3ccccc23)sc2ccc([N+](=O)[O-])cc21.